The third-order valence-corrected chi connectivity index (χ3v) is 11.9. The van der Waals surface area contributed by atoms with Crippen LogP contribution in [0.5, 0.6) is 0 Å². The number of aromatic nitrogens is 2. The molecule has 2 saturated heterocycles. The number of hydrogen-bond acceptors (Lipinski definition) is 7. The van der Waals surface area contributed by atoms with E-state index in [0.29, 0.717) is 11.8 Å². The Bertz CT molecular complexity index is 1620. The number of hydrogen-bond donors (Lipinski definition) is 2. The van der Waals surface area contributed by atoms with Gasteiger partial charge in [0.05, 0.1) is 24.6 Å². The van der Waals surface area contributed by atoms with Gasteiger partial charge in [-0.05, 0) is 107 Å². The summed E-state index contributed by atoms with van der Waals surface area (Å²) in [6, 6.07) is 18.7. The Morgan fingerprint density at radius 1 is 1.02 bits per heavy atom. The Morgan fingerprint density at radius 2 is 1.74 bits per heavy atom. The quantitative estimate of drug-likeness (QED) is 0.0768. The third-order valence-electron chi connectivity index (χ3n) is 8.14. The minimum absolute atomic E-state index is 0.185. The van der Waals surface area contributed by atoms with Gasteiger partial charge in [0.25, 0.3) is 10.0 Å². The van der Waals surface area contributed by atoms with E-state index < -0.39 is 10.0 Å². The molecule has 2 fully saturated rings. The number of benzene rings is 2. The maximum atomic E-state index is 13.2. The second kappa shape index (κ2) is 17.0. The van der Waals surface area contributed by atoms with Crippen molar-refractivity contribution in [2.75, 3.05) is 45.9 Å². The number of nitrogens with one attached hydrogen (secondary N) is 2. The van der Waals surface area contributed by atoms with Crippen LogP contribution in [0.4, 0.5) is 0 Å². The smallest absolute Gasteiger partial charge is 0.276 e. The highest BCUT2D eigenvalue weighted by Gasteiger charge is 2.29. The zero-order valence-corrected chi connectivity index (χ0v) is 30.7. The number of piperidine rings is 1. The molecular formula is C33H40Br2N6O3S2. The first-order valence-corrected chi connectivity index (χ1v) is 19.4. The van der Waals surface area contributed by atoms with Crippen molar-refractivity contribution in [3.05, 3.63) is 91.8 Å². The molecule has 2 aromatic carbocycles. The summed E-state index contributed by atoms with van der Waals surface area (Å²) in [5, 5.41) is 10.8. The molecule has 2 aliphatic heterocycles. The van der Waals surface area contributed by atoms with E-state index in [9.17, 15) is 8.42 Å². The van der Waals surface area contributed by atoms with Gasteiger partial charge in [0.1, 0.15) is 0 Å². The van der Waals surface area contributed by atoms with Gasteiger partial charge in [-0.25, -0.2) is 0 Å². The number of sulfonamides is 1. The maximum absolute atomic E-state index is 13.2. The Hall–Kier alpha value is -2.55. The molecule has 0 spiro atoms. The fourth-order valence-corrected chi connectivity index (χ4v) is 9.58. The van der Waals surface area contributed by atoms with Crippen LogP contribution in [0.3, 0.4) is 0 Å². The molecular weight excluding hydrogens is 752 g/mol. The van der Waals surface area contributed by atoms with Crippen molar-refractivity contribution in [3.63, 3.8) is 0 Å². The van der Waals surface area contributed by atoms with E-state index in [0.717, 1.165) is 75.5 Å². The Balaban J connectivity index is 0.000000760. The molecule has 0 radical (unpaired) electrons. The Kier molecular flexibility index (Phi) is 12.9. The summed E-state index contributed by atoms with van der Waals surface area (Å²) in [6.07, 6.45) is 7.97. The van der Waals surface area contributed by atoms with Crippen LogP contribution in [0.15, 0.2) is 90.6 Å². The van der Waals surface area contributed by atoms with Gasteiger partial charge in [0.15, 0.2) is 5.84 Å². The van der Waals surface area contributed by atoms with E-state index in [1.54, 1.807) is 48.0 Å². The van der Waals surface area contributed by atoms with Crippen molar-refractivity contribution >= 4 is 59.1 Å². The first kappa shape index (κ1) is 34.8. The molecule has 46 heavy (non-hydrogen) atoms. The number of nitrogens with zero attached hydrogens (tertiary/aromatic N) is 4. The third kappa shape index (κ3) is 9.51. The van der Waals surface area contributed by atoms with Crippen molar-refractivity contribution < 1.29 is 13.2 Å². The molecule has 13 heteroatoms. The lowest BCUT2D eigenvalue weighted by Crippen LogP contribution is -2.41. The fourth-order valence-electron chi connectivity index (χ4n) is 5.57. The monoisotopic (exact) mass is 790 g/mol. The first-order valence-electron chi connectivity index (χ1n) is 15.5. The van der Waals surface area contributed by atoms with E-state index in [1.165, 1.54) is 25.9 Å². The van der Waals surface area contributed by atoms with E-state index in [2.05, 4.69) is 73.9 Å². The SMILES string of the molecule is Cc1ccc(S(=O)(=O)NN=C(c2c(Br)sc(Br)c2-c2ccccc2)N2CCC(COCCN3CCCC3)CC2)cc1.c1cn[nH]c1. The number of halogens is 2. The number of rotatable bonds is 10. The molecule has 246 valence electrons. The zero-order chi connectivity index (χ0) is 32.4. The molecule has 0 unspecified atom stereocenters. The summed E-state index contributed by atoms with van der Waals surface area (Å²) in [5.74, 6) is 1.09. The van der Waals surface area contributed by atoms with E-state index in [-0.39, 0.29) is 4.90 Å². The van der Waals surface area contributed by atoms with Crippen molar-refractivity contribution in [1.82, 2.24) is 24.8 Å². The number of aryl methyl sites for hydroxylation is 1. The Labute approximate surface area is 292 Å². The van der Waals surface area contributed by atoms with Crippen molar-refractivity contribution in [2.45, 2.75) is 37.5 Å². The molecule has 4 aromatic rings. The zero-order valence-electron chi connectivity index (χ0n) is 25.9. The molecule has 0 saturated carbocycles. The standard InChI is InChI=1S/C30H36Br2N4O3S2.C3H4N2/c1-22-9-11-25(12-10-22)41(37,38)34-33-30(27-26(28(31)40-29(27)32)24-7-3-2-4-8-24)36-17-13-23(14-18-36)21-39-20-19-35-15-5-6-16-35;1-2-4-5-3-1/h2-4,7-12,23,34H,5-6,13-21H2,1H3;1-3H,(H,4,5). The van der Waals surface area contributed by atoms with Gasteiger partial charge in [-0.2, -0.15) is 18.3 Å². The molecule has 0 atom stereocenters. The molecule has 0 aliphatic carbocycles. The van der Waals surface area contributed by atoms with Crippen LogP contribution in [-0.4, -0.2) is 80.2 Å². The number of likely N-dealkylation sites (tertiary alicyclic amines) is 2. The van der Waals surface area contributed by atoms with Gasteiger partial charge in [0.2, 0.25) is 0 Å². The van der Waals surface area contributed by atoms with Crippen LogP contribution >= 0.6 is 43.2 Å². The summed E-state index contributed by atoms with van der Waals surface area (Å²) in [4.78, 5) is 7.40. The number of aromatic amines is 1. The highest BCUT2D eigenvalue weighted by atomic mass is 79.9. The second-order valence-electron chi connectivity index (χ2n) is 11.4. The molecule has 4 heterocycles. The highest BCUT2D eigenvalue weighted by molar-refractivity contribution is 9.12. The summed E-state index contributed by atoms with van der Waals surface area (Å²) < 4.78 is 34.4. The average Bonchev–Trinajstić information content (AvgIpc) is 3.86. The minimum Gasteiger partial charge on any atom is -0.380 e. The van der Waals surface area contributed by atoms with Crippen molar-refractivity contribution in [3.8, 4) is 11.1 Å². The van der Waals surface area contributed by atoms with Gasteiger partial charge >= 0.3 is 0 Å². The lowest BCUT2D eigenvalue weighted by atomic mass is 9.96. The topological polar surface area (TPSA) is 103 Å². The number of thiophene rings is 1. The largest absolute Gasteiger partial charge is 0.380 e. The first-order chi connectivity index (χ1) is 22.3. The predicted molar refractivity (Wildman–Crippen MR) is 193 cm³/mol. The summed E-state index contributed by atoms with van der Waals surface area (Å²) in [7, 11) is -3.85. The molecule has 2 aromatic heterocycles. The normalized spacial score (nSPS) is 16.3. The molecule has 6 rings (SSSR count). The fraction of sp³-hybridized carbons (Fsp3) is 0.394. The van der Waals surface area contributed by atoms with Crippen LogP contribution in [-0.2, 0) is 14.8 Å². The van der Waals surface area contributed by atoms with Crippen LogP contribution < -0.4 is 4.83 Å². The maximum Gasteiger partial charge on any atom is 0.276 e. The predicted octanol–water partition coefficient (Wildman–Crippen LogP) is 7.12. The Morgan fingerprint density at radius 3 is 2.37 bits per heavy atom. The van der Waals surface area contributed by atoms with Crippen LogP contribution in [0.25, 0.3) is 11.1 Å². The van der Waals surface area contributed by atoms with E-state index >= 15 is 0 Å². The van der Waals surface area contributed by atoms with Gasteiger partial charge in [-0.3, -0.25) is 5.10 Å². The van der Waals surface area contributed by atoms with Crippen LogP contribution in [0.1, 0.15) is 36.8 Å². The highest BCUT2D eigenvalue weighted by Crippen LogP contribution is 2.44. The number of amidine groups is 1. The molecule has 0 bridgehead atoms. The van der Waals surface area contributed by atoms with Crippen LogP contribution in [0, 0.1) is 12.8 Å². The van der Waals surface area contributed by atoms with E-state index in [4.69, 9.17) is 4.74 Å². The van der Waals surface area contributed by atoms with Gasteiger partial charge in [0, 0.05) is 44.2 Å². The lowest BCUT2D eigenvalue weighted by Gasteiger charge is -2.34. The minimum atomic E-state index is -3.85. The number of hydrazone groups is 1. The van der Waals surface area contributed by atoms with Crippen molar-refractivity contribution in [1.29, 1.82) is 0 Å². The number of H-pyrrole nitrogens is 1. The molecule has 2 aliphatic rings. The summed E-state index contributed by atoms with van der Waals surface area (Å²) in [6.45, 7) is 8.40. The average molecular weight is 793 g/mol. The summed E-state index contributed by atoms with van der Waals surface area (Å²) in [5.41, 5.74) is 3.89. The van der Waals surface area contributed by atoms with Gasteiger partial charge in [-0.15, -0.1) is 16.4 Å². The van der Waals surface area contributed by atoms with Crippen molar-refractivity contribution in [2.24, 2.45) is 11.0 Å². The van der Waals surface area contributed by atoms with Gasteiger partial charge < -0.3 is 14.5 Å². The summed E-state index contributed by atoms with van der Waals surface area (Å²) >= 11 is 9.09. The molecule has 9 nitrogen and oxygen atoms in total. The molecule has 2 N–H and O–H groups in total. The van der Waals surface area contributed by atoms with E-state index in [1.807, 2.05) is 31.2 Å². The lowest BCUT2D eigenvalue weighted by molar-refractivity contribution is 0.0655. The molecule has 0 amide bonds. The van der Waals surface area contributed by atoms with Gasteiger partial charge in [-0.1, -0.05) is 48.0 Å². The van der Waals surface area contributed by atoms with Crippen LogP contribution in [0.2, 0.25) is 0 Å². The second-order valence-corrected chi connectivity index (χ2v) is 16.7. The number of ether oxygens (including phenoxy) is 1.